The largest absolute Gasteiger partial charge is 0.323 e. The minimum atomic E-state index is -0.0831. The number of hydrogen-bond acceptors (Lipinski definition) is 1. The first-order valence-electron chi connectivity index (χ1n) is 8.03. The highest BCUT2D eigenvalue weighted by molar-refractivity contribution is 14.1. The van der Waals surface area contributed by atoms with Gasteiger partial charge in [-0.1, -0.05) is 54.1 Å². The Labute approximate surface area is 165 Å². The zero-order valence-electron chi connectivity index (χ0n) is 13.3. The van der Waals surface area contributed by atoms with Gasteiger partial charge in [-0.05, 0) is 69.6 Å². The molecule has 1 heterocycles. The molecular weight excluding hydrogens is 445 g/mol. The van der Waals surface area contributed by atoms with Crippen molar-refractivity contribution >= 4 is 40.1 Å². The normalized spacial score (nSPS) is 16.2. The number of halogens is 2. The number of amides is 1. The monoisotopic (exact) mass is 459 g/mol. The summed E-state index contributed by atoms with van der Waals surface area (Å²) in [7, 11) is 0. The molecule has 1 unspecified atom stereocenters. The van der Waals surface area contributed by atoms with Crippen LogP contribution in [0.25, 0.3) is 0 Å². The highest BCUT2D eigenvalue weighted by Crippen LogP contribution is 2.39. The average Bonchev–Trinajstić information content (AvgIpc) is 2.90. The lowest BCUT2D eigenvalue weighted by atomic mass is 9.98. The minimum absolute atomic E-state index is 0.0779. The van der Waals surface area contributed by atoms with Crippen LogP contribution in [0, 0.1) is 3.57 Å². The summed E-state index contributed by atoms with van der Waals surface area (Å²) >= 11 is 8.34. The van der Waals surface area contributed by atoms with E-state index in [1.54, 1.807) is 0 Å². The number of fused-ring (bicyclic) bond motifs is 1. The summed E-state index contributed by atoms with van der Waals surface area (Å²) in [5.74, 6) is 0.0779. The van der Waals surface area contributed by atoms with Crippen molar-refractivity contribution in [1.82, 2.24) is 4.90 Å². The Bertz CT molecular complexity index is 921. The maximum Gasteiger partial charge on any atom is 0.255 e. The van der Waals surface area contributed by atoms with E-state index in [0.717, 1.165) is 22.3 Å². The molecule has 3 aromatic rings. The molecule has 124 valence electrons. The molecule has 0 aliphatic carbocycles. The summed E-state index contributed by atoms with van der Waals surface area (Å²) in [6.07, 6.45) is 0. The van der Waals surface area contributed by atoms with Crippen LogP contribution < -0.4 is 0 Å². The third-order valence-electron chi connectivity index (χ3n) is 4.51. The third kappa shape index (κ3) is 3.18. The van der Waals surface area contributed by atoms with Gasteiger partial charge >= 0.3 is 0 Å². The van der Waals surface area contributed by atoms with E-state index in [4.69, 9.17) is 11.6 Å². The molecule has 25 heavy (non-hydrogen) atoms. The second kappa shape index (κ2) is 6.81. The molecule has 0 radical (unpaired) electrons. The molecule has 1 aliphatic heterocycles. The van der Waals surface area contributed by atoms with E-state index < -0.39 is 0 Å². The number of nitrogens with zero attached hydrogens (tertiary/aromatic N) is 1. The van der Waals surface area contributed by atoms with Gasteiger partial charge in [0.05, 0.1) is 6.04 Å². The van der Waals surface area contributed by atoms with Crippen molar-refractivity contribution < 1.29 is 4.79 Å². The van der Waals surface area contributed by atoms with Crippen LogP contribution in [0.2, 0.25) is 5.02 Å². The maximum atomic E-state index is 13.0. The molecular formula is C21H15ClINO. The van der Waals surface area contributed by atoms with Crippen molar-refractivity contribution in [2.45, 2.75) is 12.6 Å². The summed E-state index contributed by atoms with van der Waals surface area (Å²) in [5, 5.41) is 0.700. The van der Waals surface area contributed by atoms with Crippen LogP contribution in [0.1, 0.15) is 33.1 Å². The number of benzene rings is 3. The van der Waals surface area contributed by atoms with E-state index in [0.29, 0.717) is 11.6 Å². The molecule has 3 aromatic carbocycles. The highest BCUT2D eigenvalue weighted by Gasteiger charge is 2.37. The topological polar surface area (TPSA) is 20.3 Å². The standard InChI is InChI=1S/C21H15ClINO/c22-16-9-7-15(8-10-16)20-18-3-1-2-4-19(18)21(25)24(20)13-14-5-11-17(23)12-6-14/h1-12,20H,13H2. The van der Waals surface area contributed by atoms with Crippen LogP contribution >= 0.6 is 34.2 Å². The first-order valence-corrected chi connectivity index (χ1v) is 9.49. The molecule has 0 aromatic heterocycles. The zero-order valence-corrected chi connectivity index (χ0v) is 16.2. The van der Waals surface area contributed by atoms with Gasteiger partial charge < -0.3 is 4.90 Å². The van der Waals surface area contributed by atoms with E-state index in [2.05, 4.69) is 46.9 Å². The number of carbonyl (C=O) groups is 1. The molecule has 0 N–H and O–H groups in total. The van der Waals surface area contributed by atoms with Gasteiger partial charge in [-0.3, -0.25) is 4.79 Å². The van der Waals surface area contributed by atoms with Gasteiger partial charge in [-0.15, -0.1) is 0 Å². The van der Waals surface area contributed by atoms with Gasteiger partial charge in [-0.2, -0.15) is 0 Å². The summed E-state index contributed by atoms with van der Waals surface area (Å²) < 4.78 is 1.19. The van der Waals surface area contributed by atoms with Gasteiger partial charge in [0.25, 0.3) is 5.91 Å². The van der Waals surface area contributed by atoms with Crippen molar-refractivity contribution in [3.8, 4) is 0 Å². The lowest BCUT2D eigenvalue weighted by molar-refractivity contribution is 0.0736. The van der Waals surface area contributed by atoms with Crippen LogP contribution in [0.3, 0.4) is 0 Å². The number of hydrogen-bond donors (Lipinski definition) is 0. The second-order valence-corrected chi connectivity index (χ2v) is 7.78. The Morgan fingerprint density at radius 3 is 2.32 bits per heavy atom. The molecule has 4 heteroatoms. The first kappa shape index (κ1) is 16.6. The van der Waals surface area contributed by atoms with Crippen molar-refractivity contribution in [3.05, 3.63) is 104 Å². The molecule has 1 amide bonds. The summed E-state index contributed by atoms with van der Waals surface area (Å²) in [6, 6.07) is 23.8. The molecule has 0 spiro atoms. The number of carbonyl (C=O) groups excluding carboxylic acids is 1. The Kier molecular flexibility index (Phi) is 4.52. The predicted octanol–water partition coefficient (Wildman–Crippen LogP) is 5.69. The van der Waals surface area contributed by atoms with Crippen LogP contribution in [0.15, 0.2) is 72.8 Å². The van der Waals surface area contributed by atoms with Crippen LogP contribution in [-0.2, 0) is 6.54 Å². The van der Waals surface area contributed by atoms with Gasteiger partial charge in [-0.25, -0.2) is 0 Å². The molecule has 0 saturated heterocycles. The van der Waals surface area contributed by atoms with Crippen LogP contribution in [-0.4, -0.2) is 10.8 Å². The Balaban J connectivity index is 1.76. The Hall–Kier alpha value is -1.85. The molecule has 0 saturated carbocycles. The van der Waals surface area contributed by atoms with Gasteiger partial charge in [0.2, 0.25) is 0 Å². The lowest BCUT2D eigenvalue weighted by Gasteiger charge is -2.26. The number of rotatable bonds is 3. The van der Waals surface area contributed by atoms with Crippen molar-refractivity contribution in [1.29, 1.82) is 0 Å². The summed E-state index contributed by atoms with van der Waals surface area (Å²) in [6.45, 7) is 0.581. The van der Waals surface area contributed by atoms with E-state index in [-0.39, 0.29) is 11.9 Å². The fourth-order valence-electron chi connectivity index (χ4n) is 3.32. The van der Waals surface area contributed by atoms with Gasteiger partial charge in [0.15, 0.2) is 0 Å². The summed E-state index contributed by atoms with van der Waals surface area (Å²) in [5.41, 5.74) is 4.04. The molecule has 2 nitrogen and oxygen atoms in total. The van der Waals surface area contributed by atoms with E-state index >= 15 is 0 Å². The molecule has 0 bridgehead atoms. The van der Waals surface area contributed by atoms with Crippen LogP contribution in [0.5, 0.6) is 0 Å². The fraction of sp³-hybridized carbons (Fsp3) is 0.0952. The van der Waals surface area contributed by atoms with Crippen molar-refractivity contribution in [2.75, 3.05) is 0 Å². The molecule has 4 rings (SSSR count). The molecule has 1 aliphatic rings. The van der Waals surface area contributed by atoms with Crippen molar-refractivity contribution in [2.24, 2.45) is 0 Å². The Morgan fingerprint density at radius 2 is 1.60 bits per heavy atom. The highest BCUT2D eigenvalue weighted by atomic mass is 127. The van der Waals surface area contributed by atoms with E-state index in [9.17, 15) is 4.79 Å². The lowest BCUT2D eigenvalue weighted by Crippen LogP contribution is -2.28. The first-order chi connectivity index (χ1) is 12.1. The van der Waals surface area contributed by atoms with Crippen LogP contribution in [0.4, 0.5) is 0 Å². The molecule has 0 fully saturated rings. The third-order valence-corrected chi connectivity index (χ3v) is 5.48. The maximum absolute atomic E-state index is 13.0. The average molecular weight is 460 g/mol. The summed E-state index contributed by atoms with van der Waals surface area (Å²) in [4.78, 5) is 15.0. The van der Waals surface area contributed by atoms with Gasteiger partial charge in [0.1, 0.15) is 0 Å². The van der Waals surface area contributed by atoms with Gasteiger partial charge in [0, 0.05) is 20.7 Å². The smallest absolute Gasteiger partial charge is 0.255 e. The van der Waals surface area contributed by atoms with E-state index in [1.807, 2.05) is 53.4 Å². The molecule has 1 atom stereocenters. The Morgan fingerprint density at radius 1 is 0.920 bits per heavy atom. The zero-order chi connectivity index (χ0) is 17.4. The quantitative estimate of drug-likeness (QED) is 0.461. The second-order valence-electron chi connectivity index (χ2n) is 6.10. The van der Waals surface area contributed by atoms with Crippen molar-refractivity contribution in [3.63, 3.8) is 0 Å². The minimum Gasteiger partial charge on any atom is -0.323 e. The SMILES string of the molecule is O=C1c2ccccc2C(c2ccc(Cl)cc2)N1Cc1ccc(I)cc1. The van der Waals surface area contributed by atoms with E-state index in [1.165, 1.54) is 3.57 Å². The predicted molar refractivity (Wildman–Crippen MR) is 109 cm³/mol. The fourth-order valence-corrected chi connectivity index (χ4v) is 3.81.